The molecule has 3 N–H and O–H groups in total. The Morgan fingerprint density at radius 1 is 1.15 bits per heavy atom. The number of hydrogen-bond donors (Lipinski definition) is 2. The van der Waals surface area contributed by atoms with Crippen molar-refractivity contribution in [1.29, 1.82) is 0 Å². The van der Waals surface area contributed by atoms with Gasteiger partial charge < -0.3 is 16.0 Å². The molecular weight excluding hydrogens is 328 g/mol. The third-order valence-corrected chi connectivity index (χ3v) is 5.64. The molecule has 0 aliphatic carbocycles. The maximum atomic E-state index is 13.2. The maximum absolute atomic E-state index is 13.2. The Morgan fingerprint density at radius 2 is 1.85 bits per heavy atom. The number of fused-ring (bicyclic) bond motifs is 2. The van der Waals surface area contributed by atoms with Crippen molar-refractivity contribution in [3.8, 4) is 0 Å². The van der Waals surface area contributed by atoms with Gasteiger partial charge in [-0.15, -0.1) is 0 Å². The van der Waals surface area contributed by atoms with Crippen LogP contribution in [-0.4, -0.2) is 59.0 Å². The van der Waals surface area contributed by atoms with E-state index in [1.54, 1.807) is 0 Å². The Labute approximate surface area is 155 Å². The number of nitrogens with zero attached hydrogens (tertiary/aromatic N) is 2. The summed E-state index contributed by atoms with van der Waals surface area (Å²) < 4.78 is 0. The second-order valence-corrected chi connectivity index (χ2v) is 7.75. The molecular formula is C20H30N4O2. The van der Waals surface area contributed by atoms with Gasteiger partial charge in [0.25, 0.3) is 0 Å². The lowest BCUT2D eigenvalue weighted by Crippen LogP contribution is -2.53. The quantitative estimate of drug-likeness (QED) is 0.841. The van der Waals surface area contributed by atoms with E-state index >= 15 is 0 Å². The average Bonchev–Trinajstić information content (AvgIpc) is 2.89. The van der Waals surface area contributed by atoms with Crippen LogP contribution in [0, 0.1) is 0 Å². The molecule has 0 aromatic heterocycles. The zero-order chi connectivity index (χ0) is 18.7. The monoisotopic (exact) mass is 358 g/mol. The van der Waals surface area contributed by atoms with Crippen molar-refractivity contribution < 1.29 is 9.59 Å². The SMILES string of the molecule is CC(C)N1C2CCC1CN(C(=O)C(Cc1ccccc1)NC(N)=O)CC2. The largest absolute Gasteiger partial charge is 0.352 e. The first-order valence-electron chi connectivity index (χ1n) is 9.62. The maximum Gasteiger partial charge on any atom is 0.312 e. The van der Waals surface area contributed by atoms with E-state index in [9.17, 15) is 9.59 Å². The van der Waals surface area contributed by atoms with Gasteiger partial charge in [0.1, 0.15) is 6.04 Å². The summed E-state index contributed by atoms with van der Waals surface area (Å²) >= 11 is 0. The summed E-state index contributed by atoms with van der Waals surface area (Å²) in [5, 5.41) is 2.66. The fourth-order valence-electron chi connectivity index (χ4n) is 4.60. The molecule has 26 heavy (non-hydrogen) atoms. The summed E-state index contributed by atoms with van der Waals surface area (Å²) in [6.45, 7) is 5.94. The Balaban J connectivity index is 1.73. The van der Waals surface area contributed by atoms with Gasteiger partial charge in [0.15, 0.2) is 0 Å². The van der Waals surface area contributed by atoms with Crippen molar-refractivity contribution in [2.75, 3.05) is 13.1 Å². The number of nitrogens with one attached hydrogen (secondary N) is 1. The molecule has 3 atom stereocenters. The van der Waals surface area contributed by atoms with Crippen LogP contribution in [0.15, 0.2) is 30.3 Å². The molecule has 2 saturated heterocycles. The zero-order valence-corrected chi connectivity index (χ0v) is 15.7. The lowest BCUT2D eigenvalue weighted by molar-refractivity contribution is -0.133. The Kier molecular flexibility index (Phi) is 5.81. The van der Waals surface area contributed by atoms with Crippen LogP contribution in [0.1, 0.15) is 38.7 Å². The summed E-state index contributed by atoms with van der Waals surface area (Å²) in [6.07, 6.45) is 3.81. The molecule has 2 heterocycles. The van der Waals surface area contributed by atoms with Gasteiger partial charge in [-0.25, -0.2) is 4.79 Å². The third-order valence-electron chi connectivity index (χ3n) is 5.64. The molecule has 6 nitrogen and oxygen atoms in total. The van der Waals surface area contributed by atoms with Crippen LogP contribution in [-0.2, 0) is 11.2 Å². The van der Waals surface area contributed by atoms with Crippen LogP contribution in [0.2, 0.25) is 0 Å². The molecule has 3 rings (SSSR count). The first kappa shape index (κ1) is 18.7. The van der Waals surface area contributed by atoms with Crippen LogP contribution in [0.5, 0.6) is 0 Å². The van der Waals surface area contributed by atoms with E-state index in [0.29, 0.717) is 24.5 Å². The lowest BCUT2D eigenvalue weighted by Gasteiger charge is -2.33. The first-order valence-corrected chi connectivity index (χ1v) is 9.62. The first-order chi connectivity index (χ1) is 12.5. The van der Waals surface area contributed by atoms with Crippen molar-refractivity contribution in [2.45, 2.75) is 63.7 Å². The van der Waals surface area contributed by atoms with E-state index in [1.807, 2.05) is 35.2 Å². The normalized spacial score (nSPS) is 24.3. The fourth-order valence-corrected chi connectivity index (χ4v) is 4.60. The molecule has 2 aliphatic heterocycles. The van der Waals surface area contributed by atoms with Gasteiger partial charge in [0.2, 0.25) is 5.91 Å². The van der Waals surface area contributed by atoms with Crippen molar-refractivity contribution in [1.82, 2.24) is 15.1 Å². The highest BCUT2D eigenvalue weighted by atomic mass is 16.2. The highest BCUT2D eigenvalue weighted by Gasteiger charge is 2.40. The van der Waals surface area contributed by atoms with E-state index in [-0.39, 0.29) is 5.91 Å². The van der Waals surface area contributed by atoms with Crippen LogP contribution >= 0.6 is 0 Å². The molecule has 2 bridgehead atoms. The number of carbonyl (C=O) groups excluding carboxylic acids is 2. The van der Waals surface area contributed by atoms with Gasteiger partial charge in [-0.1, -0.05) is 30.3 Å². The highest BCUT2D eigenvalue weighted by Crippen LogP contribution is 2.32. The number of amides is 3. The van der Waals surface area contributed by atoms with Gasteiger partial charge in [-0.3, -0.25) is 9.69 Å². The molecule has 1 aromatic rings. The summed E-state index contributed by atoms with van der Waals surface area (Å²) in [5.41, 5.74) is 6.35. The molecule has 0 radical (unpaired) electrons. The fraction of sp³-hybridized carbons (Fsp3) is 0.600. The van der Waals surface area contributed by atoms with Crippen molar-refractivity contribution in [2.24, 2.45) is 5.73 Å². The minimum atomic E-state index is -0.653. The van der Waals surface area contributed by atoms with Crippen molar-refractivity contribution >= 4 is 11.9 Å². The van der Waals surface area contributed by atoms with Gasteiger partial charge >= 0.3 is 6.03 Å². The number of benzene rings is 1. The Bertz CT molecular complexity index is 634. The Morgan fingerprint density at radius 3 is 2.50 bits per heavy atom. The topological polar surface area (TPSA) is 78.7 Å². The molecule has 3 unspecified atom stereocenters. The molecule has 2 fully saturated rings. The number of likely N-dealkylation sites (tertiary alicyclic amines) is 1. The van der Waals surface area contributed by atoms with E-state index < -0.39 is 12.1 Å². The molecule has 6 heteroatoms. The van der Waals surface area contributed by atoms with Crippen molar-refractivity contribution in [3.05, 3.63) is 35.9 Å². The van der Waals surface area contributed by atoms with Gasteiger partial charge in [0.05, 0.1) is 0 Å². The smallest absolute Gasteiger partial charge is 0.312 e. The lowest BCUT2D eigenvalue weighted by atomic mass is 10.0. The van der Waals surface area contributed by atoms with E-state index in [1.165, 1.54) is 6.42 Å². The van der Waals surface area contributed by atoms with Gasteiger partial charge in [-0.2, -0.15) is 0 Å². The number of hydrogen-bond acceptors (Lipinski definition) is 3. The summed E-state index contributed by atoms with van der Waals surface area (Å²) in [6, 6.07) is 9.95. The van der Waals surface area contributed by atoms with E-state index in [4.69, 9.17) is 5.73 Å². The summed E-state index contributed by atoms with van der Waals surface area (Å²) in [5.74, 6) is -0.0242. The standard InChI is InChI=1S/C20H30N4O2/c1-14(2)24-16-8-9-17(24)13-23(11-10-16)19(25)18(22-20(21)26)12-15-6-4-3-5-7-15/h3-7,14,16-18H,8-13H2,1-2H3,(H3,21,22,26). The van der Waals surface area contributed by atoms with E-state index in [2.05, 4.69) is 24.1 Å². The summed E-state index contributed by atoms with van der Waals surface area (Å²) in [4.78, 5) is 29.1. The van der Waals surface area contributed by atoms with Gasteiger partial charge in [0, 0.05) is 37.6 Å². The Hall–Kier alpha value is -2.08. The minimum Gasteiger partial charge on any atom is -0.352 e. The predicted molar refractivity (Wildman–Crippen MR) is 102 cm³/mol. The van der Waals surface area contributed by atoms with Crippen LogP contribution < -0.4 is 11.1 Å². The minimum absolute atomic E-state index is 0.0242. The molecule has 142 valence electrons. The predicted octanol–water partition coefficient (Wildman–Crippen LogP) is 1.74. The summed E-state index contributed by atoms with van der Waals surface area (Å²) in [7, 11) is 0. The molecule has 1 aromatic carbocycles. The van der Waals surface area contributed by atoms with Crippen LogP contribution in [0.4, 0.5) is 4.79 Å². The third kappa shape index (κ3) is 4.18. The second-order valence-electron chi connectivity index (χ2n) is 7.75. The zero-order valence-electron chi connectivity index (χ0n) is 15.7. The number of nitrogens with two attached hydrogens (primary N) is 1. The molecule has 0 saturated carbocycles. The van der Waals surface area contributed by atoms with Crippen molar-refractivity contribution in [3.63, 3.8) is 0 Å². The number of rotatable bonds is 5. The molecule has 3 amide bonds. The number of primary amides is 1. The average molecular weight is 358 g/mol. The van der Waals surface area contributed by atoms with Crippen LogP contribution in [0.25, 0.3) is 0 Å². The second kappa shape index (κ2) is 8.08. The van der Waals surface area contributed by atoms with Crippen LogP contribution in [0.3, 0.4) is 0 Å². The number of carbonyl (C=O) groups is 2. The van der Waals surface area contributed by atoms with Gasteiger partial charge in [-0.05, 0) is 38.7 Å². The molecule has 2 aliphatic rings. The van der Waals surface area contributed by atoms with E-state index in [0.717, 1.165) is 31.5 Å². The number of urea groups is 1. The highest BCUT2D eigenvalue weighted by molar-refractivity contribution is 5.87. The molecule has 0 spiro atoms.